The van der Waals surface area contributed by atoms with Gasteiger partial charge in [-0.25, -0.2) is 4.98 Å². The van der Waals surface area contributed by atoms with Crippen molar-refractivity contribution >= 4 is 29.4 Å². The van der Waals surface area contributed by atoms with Gasteiger partial charge in [0.15, 0.2) is 0 Å². The van der Waals surface area contributed by atoms with Crippen molar-refractivity contribution in [2.75, 3.05) is 11.9 Å². The molecule has 1 fully saturated rings. The van der Waals surface area contributed by atoms with Crippen molar-refractivity contribution in [1.82, 2.24) is 14.5 Å². The van der Waals surface area contributed by atoms with E-state index < -0.39 is 0 Å². The first kappa shape index (κ1) is 22.1. The molecule has 1 aliphatic rings. The smallest absolute Gasteiger partial charge is 0.246 e. The van der Waals surface area contributed by atoms with Crippen LogP contribution in [0, 0.1) is 12.8 Å². The number of amides is 2. The van der Waals surface area contributed by atoms with Crippen LogP contribution >= 0.6 is 11.6 Å². The topological polar surface area (TPSA) is 67.2 Å². The third-order valence-electron chi connectivity index (χ3n) is 5.49. The van der Waals surface area contributed by atoms with Crippen molar-refractivity contribution in [2.45, 2.75) is 39.7 Å². The lowest BCUT2D eigenvalue weighted by atomic mass is 10.2. The lowest BCUT2D eigenvalue weighted by Gasteiger charge is -2.23. The monoisotopic (exact) mass is 450 g/mol. The number of carbonyl (C=O) groups excluding carboxylic acids is 2. The molecule has 1 aromatic heterocycles. The summed E-state index contributed by atoms with van der Waals surface area (Å²) in [6.07, 6.45) is 3.79. The van der Waals surface area contributed by atoms with Crippen LogP contribution in [0.5, 0.6) is 0 Å². The average Bonchev–Trinajstić information content (AvgIpc) is 3.53. The van der Waals surface area contributed by atoms with E-state index in [1.54, 1.807) is 4.90 Å². The highest BCUT2D eigenvalue weighted by atomic mass is 35.5. The summed E-state index contributed by atoms with van der Waals surface area (Å²) < 4.78 is 1.85. The molecule has 4 rings (SSSR count). The Balaban J connectivity index is 1.62. The molecular formula is C25H27ClN4O2. The van der Waals surface area contributed by atoms with Crippen LogP contribution in [0.15, 0.2) is 54.7 Å². The van der Waals surface area contributed by atoms with Crippen molar-refractivity contribution in [3.05, 3.63) is 65.3 Å². The normalized spacial score (nSPS) is 13.3. The predicted molar refractivity (Wildman–Crippen MR) is 127 cm³/mol. The Morgan fingerprint density at radius 2 is 1.78 bits per heavy atom. The van der Waals surface area contributed by atoms with Gasteiger partial charge in [0.1, 0.15) is 6.54 Å². The molecule has 0 unspecified atom stereocenters. The third kappa shape index (κ3) is 5.02. The second-order valence-electron chi connectivity index (χ2n) is 8.56. The average molecular weight is 451 g/mol. The van der Waals surface area contributed by atoms with E-state index in [1.165, 1.54) is 0 Å². The number of imidazole rings is 1. The fraction of sp³-hybridized carbons (Fsp3) is 0.320. The van der Waals surface area contributed by atoms with Gasteiger partial charge in [-0.1, -0.05) is 55.3 Å². The van der Waals surface area contributed by atoms with E-state index in [4.69, 9.17) is 11.6 Å². The lowest BCUT2D eigenvalue weighted by Crippen LogP contribution is -2.41. The molecule has 166 valence electrons. The fourth-order valence-electron chi connectivity index (χ4n) is 3.55. The van der Waals surface area contributed by atoms with Crippen LogP contribution in [-0.4, -0.2) is 38.9 Å². The summed E-state index contributed by atoms with van der Waals surface area (Å²) in [5, 5.41) is 3.57. The number of rotatable bonds is 7. The molecule has 0 aliphatic heterocycles. The van der Waals surface area contributed by atoms with Gasteiger partial charge in [-0.2, -0.15) is 0 Å². The Kier molecular flexibility index (Phi) is 6.33. The van der Waals surface area contributed by atoms with Gasteiger partial charge in [-0.15, -0.1) is 0 Å². The second-order valence-corrected chi connectivity index (χ2v) is 9.00. The Bertz CT molecular complexity index is 1120. The number of nitrogens with one attached hydrogen (secondary N) is 1. The van der Waals surface area contributed by atoms with E-state index in [9.17, 15) is 9.59 Å². The summed E-state index contributed by atoms with van der Waals surface area (Å²) in [7, 11) is 0. The van der Waals surface area contributed by atoms with E-state index in [-0.39, 0.29) is 30.3 Å². The summed E-state index contributed by atoms with van der Waals surface area (Å²) in [5.41, 5.74) is 3.64. The van der Waals surface area contributed by atoms with Crippen molar-refractivity contribution in [2.24, 2.45) is 5.92 Å². The predicted octanol–water partition coefficient (Wildman–Crippen LogP) is 5.09. The van der Waals surface area contributed by atoms with Crippen LogP contribution in [0.4, 0.5) is 5.95 Å². The second kappa shape index (κ2) is 9.17. The van der Waals surface area contributed by atoms with Gasteiger partial charge < -0.3 is 4.90 Å². The highest BCUT2D eigenvalue weighted by Crippen LogP contribution is 2.29. The molecule has 6 nitrogen and oxygen atoms in total. The number of hydrogen-bond acceptors (Lipinski definition) is 3. The zero-order valence-corrected chi connectivity index (χ0v) is 19.3. The van der Waals surface area contributed by atoms with Crippen molar-refractivity contribution in [3.63, 3.8) is 0 Å². The van der Waals surface area contributed by atoms with E-state index in [2.05, 4.69) is 10.3 Å². The van der Waals surface area contributed by atoms with Gasteiger partial charge in [0.25, 0.3) is 0 Å². The maximum atomic E-state index is 12.9. The standard InChI is InChI=1S/C25H27ClN4O2/c1-16(2)24(32)29(20-12-13-20)15-23(31)28-25-27-22(18-6-8-19(26)9-7-18)14-30(25)21-10-4-17(3)5-11-21/h4-11,14,16,20H,12-13,15H2,1-3H3,(H,27,28,31). The van der Waals surface area contributed by atoms with Crippen LogP contribution in [0.3, 0.4) is 0 Å². The minimum absolute atomic E-state index is 0.00591. The number of halogens is 1. The first-order valence-corrected chi connectivity index (χ1v) is 11.2. The van der Waals surface area contributed by atoms with Gasteiger partial charge >= 0.3 is 0 Å². The number of aryl methyl sites for hydroxylation is 1. The highest BCUT2D eigenvalue weighted by molar-refractivity contribution is 6.30. The van der Waals surface area contributed by atoms with Crippen LogP contribution in [0.1, 0.15) is 32.3 Å². The quantitative estimate of drug-likeness (QED) is 0.545. The molecule has 1 heterocycles. The Hall–Kier alpha value is -3.12. The SMILES string of the molecule is Cc1ccc(-n2cc(-c3ccc(Cl)cc3)nc2NC(=O)CN(C(=O)C(C)C)C2CC2)cc1. The molecule has 32 heavy (non-hydrogen) atoms. The zero-order valence-electron chi connectivity index (χ0n) is 18.5. The molecule has 0 saturated heterocycles. The molecule has 2 aromatic carbocycles. The Labute approximate surface area is 193 Å². The van der Waals surface area contributed by atoms with Crippen molar-refractivity contribution < 1.29 is 9.59 Å². The van der Waals surface area contributed by atoms with Crippen LogP contribution < -0.4 is 5.32 Å². The molecule has 1 N–H and O–H groups in total. The molecule has 0 bridgehead atoms. The molecule has 1 aliphatic carbocycles. The summed E-state index contributed by atoms with van der Waals surface area (Å²) in [6.45, 7) is 5.77. The highest BCUT2D eigenvalue weighted by Gasteiger charge is 2.34. The molecule has 1 saturated carbocycles. The molecule has 7 heteroatoms. The minimum atomic E-state index is -0.257. The van der Waals surface area contributed by atoms with Gasteiger partial charge in [0.2, 0.25) is 17.8 Å². The number of anilines is 1. The number of nitrogens with zero attached hydrogens (tertiary/aromatic N) is 3. The molecule has 3 aromatic rings. The van der Waals surface area contributed by atoms with Crippen LogP contribution in [-0.2, 0) is 9.59 Å². The number of carbonyl (C=O) groups is 2. The minimum Gasteiger partial charge on any atom is -0.330 e. The van der Waals surface area contributed by atoms with E-state index in [0.29, 0.717) is 11.0 Å². The number of aromatic nitrogens is 2. The summed E-state index contributed by atoms with van der Waals surface area (Å²) in [5.74, 6) is 0.0184. The fourth-order valence-corrected chi connectivity index (χ4v) is 3.68. The molecule has 0 radical (unpaired) electrons. The Morgan fingerprint density at radius 3 is 2.38 bits per heavy atom. The van der Waals surface area contributed by atoms with Crippen molar-refractivity contribution in [1.29, 1.82) is 0 Å². The molecule has 0 atom stereocenters. The summed E-state index contributed by atoms with van der Waals surface area (Å²) >= 11 is 6.03. The first-order chi connectivity index (χ1) is 15.3. The summed E-state index contributed by atoms with van der Waals surface area (Å²) in [6, 6.07) is 15.6. The van der Waals surface area contributed by atoms with E-state index in [1.807, 2.05) is 80.1 Å². The largest absolute Gasteiger partial charge is 0.330 e. The third-order valence-corrected chi connectivity index (χ3v) is 5.74. The van der Waals surface area contributed by atoms with Crippen molar-refractivity contribution in [3.8, 4) is 16.9 Å². The van der Waals surface area contributed by atoms with Gasteiger partial charge in [0.05, 0.1) is 5.69 Å². The maximum Gasteiger partial charge on any atom is 0.246 e. The van der Waals surface area contributed by atoms with E-state index >= 15 is 0 Å². The molecule has 0 spiro atoms. The maximum absolute atomic E-state index is 12.9. The Morgan fingerprint density at radius 1 is 1.12 bits per heavy atom. The number of benzene rings is 2. The number of hydrogen-bond donors (Lipinski definition) is 1. The van der Waals surface area contributed by atoms with Crippen LogP contribution in [0.25, 0.3) is 16.9 Å². The first-order valence-electron chi connectivity index (χ1n) is 10.8. The molecule has 2 amide bonds. The lowest BCUT2D eigenvalue weighted by molar-refractivity contribution is -0.138. The van der Waals surface area contributed by atoms with Gasteiger partial charge in [-0.3, -0.25) is 19.5 Å². The van der Waals surface area contributed by atoms with Crippen LogP contribution in [0.2, 0.25) is 5.02 Å². The van der Waals surface area contributed by atoms with E-state index in [0.717, 1.165) is 35.3 Å². The molecular weight excluding hydrogens is 424 g/mol. The summed E-state index contributed by atoms with van der Waals surface area (Å²) in [4.78, 5) is 31.9. The van der Waals surface area contributed by atoms with Gasteiger partial charge in [-0.05, 0) is 44.0 Å². The van der Waals surface area contributed by atoms with Gasteiger partial charge in [0, 0.05) is 34.4 Å². The zero-order chi connectivity index (χ0) is 22.8.